The number of aryl methyl sites for hydroxylation is 1. The third-order valence-electron chi connectivity index (χ3n) is 3.01. The Labute approximate surface area is 168 Å². The van der Waals surface area contributed by atoms with Gasteiger partial charge in [0.05, 0.1) is 18.1 Å². The summed E-state index contributed by atoms with van der Waals surface area (Å²) in [4.78, 5) is 16.0. The fourth-order valence-electron chi connectivity index (χ4n) is 1.91. The van der Waals surface area contributed by atoms with Crippen LogP contribution < -0.4 is 16.4 Å². The van der Waals surface area contributed by atoms with Gasteiger partial charge in [0, 0.05) is 18.8 Å². The van der Waals surface area contributed by atoms with Crippen molar-refractivity contribution in [3.05, 3.63) is 36.4 Å². The summed E-state index contributed by atoms with van der Waals surface area (Å²) >= 11 is 0. The molecule has 0 unspecified atom stereocenters. The van der Waals surface area contributed by atoms with Gasteiger partial charge in [0.15, 0.2) is 5.84 Å². The number of aromatic nitrogens is 2. The number of rotatable bonds is 7. The molecule has 0 saturated carbocycles. The Kier molecular flexibility index (Phi) is 11.3. The van der Waals surface area contributed by atoms with Crippen LogP contribution in [-0.4, -0.2) is 33.9 Å². The summed E-state index contributed by atoms with van der Waals surface area (Å²) in [6.07, 6.45) is 5.54. The summed E-state index contributed by atoms with van der Waals surface area (Å²) in [5.74, 6) is 0.533. The number of carbonyl (C=O) groups excluding carboxylic acids is 1. The highest BCUT2D eigenvalue weighted by Gasteiger charge is 2.15. The molecule has 0 saturated heterocycles. The van der Waals surface area contributed by atoms with E-state index in [1.807, 2.05) is 54.7 Å². The van der Waals surface area contributed by atoms with Crippen LogP contribution in [0.2, 0.25) is 0 Å². The summed E-state index contributed by atoms with van der Waals surface area (Å²) in [5.41, 5.74) is 7.39. The average Bonchev–Trinajstić information content (AvgIpc) is 3.04. The quantitative estimate of drug-likeness (QED) is 0.371. The van der Waals surface area contributed by atoms with Crippen molar-refractivity contribution in [1.29, 1.82) is 0 Å². The molecular formula is C20H36N6O2. The highest BCUT2D eigenvalue weighted by Crippen LogP contribution is 2.11. The number of nitrogens with one attached hydrogen (secondary N) is 2. The van der Waals surface area contributed by atoms with Crippen LogP contribution in [0.3, 0.4) is 0 Å². The van der Waals surface area contributed by atoms with E-state index >= 15 is 0 Å². The number of nitrogens with zero attached hydrogens (tertiary/aromatic N) is 3. The number of hydrogen-bond donors (Lipinski definition) is 3. The molecule has 0 bridgehead atoms. The van der Waals surface area contributed by atoms with E-state index in [-0.39, 0.29) is 0 Å². The summed E-state index contributed by atoms with van der Waals surface area (Å²) in [6.45, 7) is 18.1. The molecule has 0 aliphatic carbocycles. The number of amides is 1. The third kappa shape index (κ3) is 11.1. The van der Waals surface area contributed by atoms with Crippen LogP contribution in [-0.2, 0) is 11.3 Å². The molecule has 0 atom stereocenters. The van der Waals surface area contributed by atoms with E-state index in [9.17, 15) is 4.79 Å². The molecule has 1 heterocycles. The van der Waals surface area contributed by atoms with Crippen LogP contribution in [0.4, 0.5) is 10.5 Å². The van der Waals surface area contributed by atoms with E-state index in [1.165, 1.54) is 0 Å². The molecule has 0 aromatic carbocycles. The second-order valence-electron chi connectivity index (χ2n) is 6.85. The zero-order valence-electron chi connectivity index (χ0n) is 18.3. The van der Waals surface area contributed by atoms with Gasteiger partial charge in [0.25, 0.3) is 0 Å². The summed E-state index contributed by atoms with van der Waals surface area (Å²) in [5, 5.41) is 10.0. The van der Waals surface area contributed by atoms with Crippen LogP contribution in [0.15, 0.2) is 41.4 Å². The summed E-state index contributed by atoms with van der Waals surface area (Å²) in [6, 6.07) is 0. The Hall–Kier alpha value is -2.77. The number of amidine groups is 1. The SMILES string of the molecule is C=C(C)NC(=Nc1cnn(CCCNC(=O)OC(C)(C)C)c1)/C(N)=C\C.CC. The average molecular weight is 393 g/mol. The van der Waals surface area contributed by atoms with Crippen LogP contribution in [0.5, 0.6) is 0 Å². The van der Waals surface area contributed by atoms with Gasteiger partial charge in [-0.3, -0.25) is 4.68 Å². The van der Waals surface area contributed by atoms with Crippen molar-refractivity contribution in [2.24, 2.45) is 10.7 Å². The van der Waals surface area contributed by atoms with Crippen molar-refractivity contribution in [3.63, 3.8) is 0 Å². The predicted octanol–water partition coefficient (Wildman–Crippen LogP) is 3.84. The first-order valence-electron chi connectivity index (χ1n) is 9.53. The van der Waals surface area contributed by atoms with E-state index in [2.05, 4.69) is 27.3 Å². The number of ether oxygens (including phenoxy) is 1. The van der Waals surface area contributed by atoms with Gasteiger partial charge in [-0.1, -0.05) is 26.5 Å². The van der Waals surface area contributed by atoms with Gasteiger partial charge >= 0.3 is 6.09 Å². The highest BCUT2D eigenvalue weighted by atomic mass is 16.6. The Balaban J connectivity index is 0.00000352. The normalized spacial score (nSPS) is 12.0. The van der Waals surface area contributed by atoms with Gasteiger partial charge in [-0.25, -0.2) is 9.79 Å². The molecule has 1 rings (SSSR count). The summed E-state index contributed by atoms with van der Waals surface area (Å²) in [7, 11) is 0. The Morgan fingerprint density at radius 3 is 2.61 bits per heavy atom. The molecule has 8 nitrogen and oxygen atoms in total. The minimum Gasteiger partial charge on any atom is -0.444 e. The van der Waals surface area contributed by atoms with Gasteiger partial charge in [-0.05, 0) is 41.0 Å². The second-order valence-corrected chi connectivity index (χ2v) is 6.85. The molecule has 0 radical (unpaired) electrons. The number of aliphatic imine (C=N–C) groups is 1. The van der Waals surface area contributed by atoms with Gasteiger partial charge in [0.1, 0.15) is 11.3 Å². The van der Waals surface area contributed by atoms with Crippen molar-refractivity contribution in [2.45, 2.75) is 67.0 Å². The zero-order chi connectivity index (χ0) is 21.7. The topological polar surface area (TPSA) is 107 Å². The lowest BCUT2D eigenvalue weighted by Crippen LogP contribution is -2.33. The van der Waals surface area contributed by atoms with Crippen molar-refractivity contribution in [3.8, 4) is 0 Å². The van der Waals surface area contributed by atoms with E-state index in [0.717, 1.165) is 12.1 Å². The fourth-order valence-corrected chi connectivity index (χ4v) is 1.91. The van der Waals surface area contributed by atoms with Crippen molar-refractivity contribution < 1.29 is 9.53 Å². The number of allylic oxidation sites excluding steroid dienone is 2. The third-order valence-corrected chi connectivity index (χ3v) is 3.01. The van der Waals surface area contributed by atoms with Gasteiger partial charge < -0.3 is 21.1 Å². The molecule has 1 aromatic rings. The first-order valence-corrected chi connectivity index (χ1v) is 9.53. The highest BCUT2D eigenvalue weighted by molar-refractivity contribution is 5.99. The van der Waals surface area contributed by atoms with Crippen LogP contribution in [0, 0.1) is 0 Å². The van der Waals surface area contributed by atoms with E-state index in [0.29, 0.717) is 30.3 Å². The van der Waals surface area contributed by atoms with Crippen molar-refractivity contribution in [2.75, 3.05) is 6.54 Å². The molecular weight excluding hydrogens is 356 g/mol. The van der Waals surface area contributed by atoms with E-state index < -0.39 is 11.7 Å². The Bertz CT molecular complexity index is 683. The van der Waals surface area contributed by atoms with Crippen molar-refractivity contribution in [1.82, 2.24) is 20.4 Å². The maximum absolute atomic E-state index is 11.6. The van der Waals surface area contributed by atoms with Gasteiger partial charge in [-0.15, -0.1) is 0 Å². The largest absolute Gasteiger partial charge is 0.444 e. The molecule has 1 aromatic heterocycles. The molecule has 8 heteroatoms. The Morgan fingerprint density at radius 1 is 1.43 bits per heavy atom. The fraction of sp³-hybridized carbons (Fsp3) is 0.550. The summed E-state index contributed by atoms with van der Waals surface area (Å²) < 4.78 is 6.94. The molecule has 158 valence electrons. The van der Waals surface area contributed by atoms with Gasteiger partial charge in [0.2, 0.25) is 0 Å². The maximum Gasteiger partial charge on any atom is 0.407 e. The number of alkyl carbamates (subject to hydrolysis) is 1. The van der Waals surface area contributed by atoms with Crippen LogP contribution in [0.1, 0.15) is 54.9 Å². The predicted molar refractivity (Wildman–Crippen MR) is 115 cm³/mol. The minimum atomic E-state index is -0.497. The van der Waals surface area contributed by atoms with E-state index in [1.54, 1.807) is 17.0 Å². The zero-order valence-corrected chi connectivity index (χ0v) is 18.3. The van der Waals surface area contributed by atoms with Crippen molar-refractivity contribution >= 4 is 17.6 Å². The monoisotopic (exact) mass is 392 g/mol. The number of hydrogen-bond acceptors (Lipinski definition) is 5. The number of nitrogens with two attached hydrogens (primary N) is 1. The van der Waals surface area contributed by atoms with E-state index in [4.69, 9.17) is 10.5 Å². The lowest BCUT2D eigenvalue weighted by atomic mass is 10.2. The van der Waals surface area contributed by atoms with Crippen LogP contribution in [0.25, 0.3) is 0 Å². The molecule has 4 N–H and O–H groups in total. The lowest BCUT2D eigenvalue weighted by molar-refractivity contribution is 0.0526. The minimum absolute atomic E-state index is 0.416. The van der Waals surface area contributed by atoms with Gasteiger partial charge in [-0.2, -0.15) is 5.10 Å². The maximum atomic E-state index is 11.6. The standard InChI is InChI=1S/C18H30N6O2.C2H6/c1-7-15(19)16(22-13(2)3)23-14-11-21-24(12-14)10-8-9-20-17(25)26-18(4,5)6;1-2/h7,11-12H,2,8-10,19H2,1,3-6H3,(H,20,25)(H,22,23);1-2H3/b15-7+;. The molecule has 28 heavy (non-hydrogen) atoms. The molecule has 0 aliphatic heterocycles. The number of carbonyl (C=O) groups is 1. The Morgan fingerprint density at radius 2 is 2.07 bits per heavy atom. The lowest BCUT2D eigenvalue weighted by Gasteiger charge is -2.19. The smallest absolute Gasteiger partial charge is 0.407 e. The van der Waals surface area contributed by atoms with Crippen LogP contribution >= 0.6 is 0 Å². The first-order chi connectivity index (χ1) is 13.1. The molecule has 1 amide bonds. The second kappa shape index (κ2) is 12.6. The molecule has 0 fully saturated rings. The molecule has 0 spiro atoms. The first kappa shape index (κ1) is 25.2. The molecule has 0 aliphatic rings.